The molecule has 2 saturated heterocycles. The van der Waals surface area contributed by atoms with E-state index in [4.69, 9.17) is 9.84 Å². The Hall–Kier alpha value is -2.22. The fourth-order valence-electron chi connectivity index (χ4n) is 6.16. The summed E-state index contributed by atoms with van der Waals surface area (Å²) in [6.07, 6.45) is 6.05. The van der Waals surface area contributed by atoms with Gasteiger partial charge in [-0.3, -0.25) is 9.48 Å². The van der Waals surface area contributed by atoms with E-state index in [2.05, 4.69) is 59.2 Å². The van der Waals surface area contributed by atoms with Crippen molar-refractivity contribution in [3.05, 3.63) is 52.8 Å². The number of hydrogen-bond donors (Lipinski definition) is 1. The zero-order valence-corrected chi connectivity index (χ0v) is 21.5. The minimum Gasteiger partial charge on any atom is -0.381 e. The minimum absolute atomic E-state index is 0.115. The van der Waals surface area contributed by atoms with Gasteiger partial charge < -0.3 is 19.9 Å². The normalized spacial score (nSPS) is 23.0. The smallest absolute Gasteiger partial charge is 0.274 e. The van der Waals surface area contributed by atoms with E-state index in [1.165, 1.54) is 16.8 Å². The Morgan fingerprint density at radius 1 is 1.14 bits per heavy atom. The molecule has 7 nitrogen and oxygen atoms in total. The van der Waals surface area contributed by atoms with E-state index < -0.39 is 0 Å². The van der Waals surface area contributed by atoms with Crippen LogP contribution in [0, 0.1) is 0 Å². The van der Waals surface area contributed by atoms with Crippen molar-refractivity contribution in [2.75, 3.05) is 53.0 Å². The predicted octanol–water partition coefficient (Wildman–Crippen LogP) is 2.88. The Balaban J connectivity index is 1.32. The largest absolute Gasteiger partial charge is 0.381 e. The molecular weight excluding hydrogens is 438 g/mol. The molecule has 3 aliphatic rings. The molecule has 1 unspecified atom stereocenters. The van der Waals surface area contributed by atoms with Gasteiger partial charge in [0.1, 0.15) is 0 Å². The van der Waals surface area contributed by atoms with E-state index in [1.54, 1.807) is 0 Å². The summed E-state index contributed by atoms with van der Waals surface area (Å²) in [4.78, 5) is 17.9. The molecule has 35 heavy (non-hydrogen) atoms. The molecule has 7 heteroatoms. The van der Waals surface area contributed by atoms with Crippen LogP contribution in [0.4, 0.5) is 0 Å². The van der Waals surface area contributed by atoms with Crippen molar-refractivity contribution < 1.29 is 9.53 Å². The van der Waals surface area contributed by atoms with Crippen molar-refractivity contribution in [2.24, 2.45) is 0 Å². The number of fused-ring (bicyclic) bond motifs is 1. The third-order valence-electron chi connectivity index (χ3n) is 8.42. The molecular formula is C28H41N5O2. The van der Waals surface area contributed by atoms with Gasteiger partial charge in [0.15, 0.2) is 5.69 Å². The van der Waals surface area contributed by atoms with E-state index in [-0.39, 0.29) is 11.3 Å². The van der Waals surface area contributed by atoms with Gasteiger partial charge in [-0.25, -0.2) is 0 Å². The molecule has 0 radical (unpaired) electrons. The van der Waals surface area contributed by atoms with E-state index in [0.29, 0.717) is 11.7 Å². The van der Waals surface area contributed by atoms with E-state index in [1.807, 2.05) is 4.90 Å². The molecule has 3 heterocycles. The SMILES string of the molecule is CCn1nc(C(=O)N2CCCN(C)CC2)c2c1CCC(NCC1(c3ccccc3)CCOCC1)C2. The summed E-state index contributed by atoms with van der Waals surface area (Å²) >= 11 is 0. The number of nitrogens with zero attached hydrogens (tertiary/aromatic N) is 4. The lowest BCUT2D eigenvalue weighted by Gasteiger charge is -2.39. The maximum Gasteiger partial charge on any atom is 0.274 e. The van der Waals surface area contributed by atoms with Crippen LogP contribution in [0.3, 0.4) is 0 Å². The zero-order chi connectivity index (χ0) is 24.3. The monoisotopic (exact) mass is 479 g/mol. The summed E-state index contributed by atoms with van der Waals surface area (Å²) in [6, 6.07) is 11.3. The highest BCUT2D eigenvalue weighted by Crippen LogP contribution is 2.35. The zero-order valence-electron chi connectivity index (χ0n) is 21.5. The summed E-state index contributed by atoms with van der Waals surface area (Å²) in [5.74, 6) is 0.120. The van der Waals surface area contributed by atoms with Crippen molar-refractivity contribution in [1.82, 2.24) is 24.9 Å². The van der Waals surface area contributed by atoms with Crippen LogP contribution in [0.1, 0.15) is 59.9 Å². The maximum atomic E-state index is 13.6. The van der Waals surface area contributed by atoms with Gasteiger partial charge >= 0.3 is 0 Å². The van der Waals surface area contributed by atoms with Crippen molar-refractivity contribution >= 4 is 5.91 Å². The number of hydrogen-bond acceptors (Lipinski definition) is 5. The van der Waals surface area contributed by atoms with Gasteiger partial charge in [-0.05, 0) is 64.6 Å². The first-order valence-electron chi connectivity index (χ1n) is 13.5. The standard InChI is InChI=1S/C28H41N5O2/c1-3-33-25-11-10-23(29-21-28(12-18-35-19-13-28)22-8-5-4-6-9-22)20-24(25)26(30-33)27(34)32-15-7-14-31(2)16-17-32/h4-6,8-9,23,29H,3,7,10-21H2,1-2H3. The van der Waals surface area contributed by atoms with Gasteiger partial charge in [-0.2, -0.15) is 5.10 Å². The van der Waals surface area contributed by atoms with Crippen LogP contribution in [0.5, 0.6) is 0 Å². The second kappa shape index (κ2) is 10.8. The third-order valence-corrected chi connectivity index (χ3v) is 8.42. The van der Waals surface area contributed by atoms with Gasteiger partial charge in [0, 0.05) is 68.7 Å². The Kier molecular flexibility index (Phi) is 7.56. The van der Waals surface area contributed by atoms with Gasteiger partial charge in [-0.1, -0.05) is 30.3 Å². The third kappa shape index (κ3) is 5.18. The van der Waals surface area contributed by atoms with E-state index in [9.17, 15) is 4.79 Å². The van der Waals surface area contributed by atoms with Crippen LogP contribution < -0.4 is 5.32 Å². The molecule has 1 aromatic heterocycles. The molecule has 0 spiro atoms. The van der Waals surface area contributed by atoms with Gasteiger partial charge in [0.25, 0.3) is 5.91 Å². The molecule has 1 atom stereocenters. The quantitative estimate of drug-likeness (QED) is 0.690. The predicted molar refractivity (Wildman–Crippen MR) is 138 cm³/mol. The summed E-state index contributed by atoms with van der Waals surface area (Å²) < 4.78 is 7.81. The van der Waals surface area contributed by atoms with Crippen molar-refractivity contribution in [3.8, 4) is 0 Å². The number of carbonyl (C=O) groups excluding carboxylic acids is 1. The summed E-state index contributed by atoms with van der Waals surface area (Å²) in [5.41, 5.74) is 4.67. The van der Waals surface area contributed by atoms with Gasteiger partial charge in [-0.15, -0.1) is 0 Å². The molecule has 5 rings (SSSR count). The first kappa shape index (κ1) is 24.5. The Morgan fingerprint density at radius 3 is 2.71 bits per heavy atom. The molecule has 1 N–H and O–H groups in total. The first-order valence-corrected chi connectivity index (χ1v) is 13.5. The van der Waals surface area contributed by atoms with Crippen LogP contribution >= 0.6 is 0 Å². The van der Waals surface area contributed by atoms with Crippen molar-refractivity contribution in [3.63, 3.8) is 0 Å². The number of amides is 1. The molecule has 2 aromatic rings. The summed E-state index contributed by atoms with van der Waals surface area (Å²) in [7, 11) is 2.14. The lowest BCUT2D eigenvalue weighted by molar-refractivity contribution is 0.0486. The summed E-state index contributed by atoms with van der Waals surface area (Å²) in [6.45, 7) is 9.10. The van der Waals surface area contributed by atoms with Gasteiger partial charge in [0.2, 0.25) is 0 Å². The fraction of sp³-hybridized carbons (Fsp3) is 0.643. The van der Waals surface area contributed by atoms with Crippen LogP contribution in [0.15, 0.2) is 30.3 Å². The molecule has 0 bridgehead atoms. The second-order valence-electron chi connectivity index (χ2n) is 10.6. The van der Waals surface area contributed by atoms with Crippen LogP contribution in [0.2, 0.25) is 0 Å². The second-order valence-corrected chi connectivity index (χ2v) is 10.6. The molecule has 2 fully saturated rings. The van der Waals surface area contributed by atoms with E-state index >= 15 is 0 Å². The maximum absolute atomic E-state index is 13.6. The Bertz CT molecular complexity index is 998. The Labute approximate surface area is 209 Å². The molecule has 190 valence electrons. The Morgan fingerprint density at radius 2 is 1.94 bits per heavy atom. The molecule has 0 saturated carbocycles. The highest BCUT2D eigenvalue weighted by Gasteiger charge is 2.36. The number of aromatic nitrogens is 2. The number of benzene rings is 1. The highest BCUT2D eigenvalue weighted by molar-refractivity contribution is 5.94. The molecule has 1 amide bonds. The number of ether oxygens (including phenoxy) is 1. The fourth-order valence-corrected chi connectivity index (χ4v) is 6.16. The van der Waals surface area contributed by atoms with Crippen LogP contribution in [0.25, 0.3) is 0 Å². The van der Waals surface area contributed by atoms with Gasteiger partial charge in [0.05, 0.1) is 0 Å². The number of nitrogens with one attached hydrogen (secondary N) is 1. The van der Waals surface area contributed by atoms with E-state index in [0.717, 1.165) is 91.0 Å². The molecule has 2 aliphatic heterocycles. The average Bonchev–Trinajstić information content (AvgIpc) is 3.13. The minimum atomic E-state index is 0.115. The lowest BCUT2D eigenvalue weighted by atomic mass is 9.73. The number of aryl methyl sites for hydroxylation is 1. The molecule has 1 aromatic carbocycles. The van der Waals surface area contributed by atoms with Crippen molar-refractivity contribution in [2.45, 2.75) is 63.5 Å². The number of carbonyl (C=O) groups is 1. The number of rotatable bonds is 6. The average molecular weight is 480 g/mol. The summed E-state index contributed by atoms with van der Waals surface area (Å²) in [5, 5.41) is 8.78. The van der Waals surface area contributed by atoms with Crippen LogP contribution in [-0.4, -0.2) is 84.5 Å². The first-order chi connectivity index (χ1) is 17.1. The topological polar surface area (TPSA) is 62.6 Å². The van der Waals surface area contributed by atoms with Crippen molar-refractivity contribution in [1.29, 1.82) is 0 Å². The lowest BCUT2D eigenvalue weighted by Crippen LogP contribution is -2.47. The number of likely N-dealkylation sites (N-methyl/N-ethyl adjacent to an activating group) is 1. The van der Waals surface area contributed by atoms with Crippen LogP contribution in [-0.2, 0) is 29.5 Å². The highest BCUT2D eigenvalue weighted by atomic mass is 16.5. The molecule has 1 aliphatic carbocycles.